The number of aromatic nitrogens is 3. The van der Waals surface area contributed by atoms with Gasteiger partial charge in [-0.3, -0.25) is 4.79 Å². The van der Waals surface area contributed by atoms with Gasteiger partial charge in [-0.15, -0.1) is 0 Å². The molecule has 2 aromatic rings. The molecule has 23 heavy (non-hydrogen) atoms. The lowest BCUT2D eigenvalue weighted by Gasteiger charge is -2.17. The summed E-state index contributed by atoms with van der Waals surface area (Å²) in [5.41, 5.74) is 0.988. The quantitative estimate of drug-likeness (QED) is 0.892. The summed E-state index contributed by atoms with van der Waals surface area (Å²) in [6.45, 7) is 2.10. The van der Waals surface area contributed by atoms with Gasteiger partial charge in [0.05, 0.1) is 0 Å². The third kappa shape index (κ3) is 3.28. The number of rotatable bonds is 6. The molecule has 1 N–H and O–H groups in total. The van der Waals surface area contributed by atoms with Gasteiger partial charge in [-0.25, -0.2) is 9.67 Å². The van der Waals surface area contributed by atoms with E-state index in [1.807, 2.05) is 37.3 Å². The maximum Gasteiger partial charge on any atom is 0.242 e. The van der Waals surface area contributed by atoms with E-state index in [9.17, 15) is 4.79 Å². The van der Waals surface area contributed by atoms with Gasteiger partial charge in [0.25, 0.3) is 0 Å². The molecule has 5 nitrogen and oxygen atoms in total. The number of aryl methyl sites for hydroxylation is 1. The third-order valence-corrected chi connectivity index (χ3v) is 4.69. The van der Waals surface area contributed by atoms with Crippen LogP contribution in [0.5, 0.6) is 0 Å². The van der Waals surface area contributed by atoms with E-state index in [-0.39, 0.29) is 12.5 Å². The first-order valence-corrected chi connectivity index (χ1v) is 8.47. The largest absolute Gasteiger partial charge is 0.351 e. The summed E-state index contributed by atoms with van der Waals surface area (Å²) in [5, 5.41) is 7.65. The topological polar surface area (TPSA) is 59.8 Å². The van der Waals surface area contributed by atoms with Crippen LogP contribution in [0.2, 0.25) is 0 Å². The van der Waals surface area contributed by atoms with Gasteiger partial charge in [0.15, 0.2) is 5.82 Å². The average Bonchev–Trinajstić information content (AvgIpc) is 3.45. The van der Waals surface area contributed by atoms with Crippen LogP contribution < -0.4 is 5.32 Å². The van der Waals surface area contributed by atoms with E-state index in [2.05, 4.69) is 15.4 Å². The lowest BCUT2D eigenvalue weighted by Crippen LogP contribution is -2.40. The number of hydrogen-bond donors (Lipinski definition) is 1. The zero-order chi connectivity index (χ0) is 15.8. The second-order valence-corrected chi connectivity index (χ2v) is 6.77. The molecule has 0 spiro atoms. The SMILES string of the molecule is Cc1nc(-c2ccccc2)n(CC(=O)NC(C2CC2)C2CC2)n1. The average molecular weight is 310 g/mol. The van der Waals surface area contributed by atoms with Gasteiger partial charge in [-0.2, -0.15) is 5.10 Å². The first kappa shape index (κ1) is 14.4. The van der Waals surface area contributed by atoms with Crippen molar-refractivity contribution in [2.24, 2.45) is 11.8 Å². The molecule has 0 aliphatic heterocycles. The van der Waals surface area contributed by atoms with E-state index >= 15 is 0 Å². The molecular formula is C18H22N4O. The molecule has 120 valence electrons. The highest BCUT2D eigenvalue weighted by Crippen LogP contribution is 2.44. The van der Waals surface area contributed by atoms with Crippen molar-refractivity contribution in [1.82, 2.24) is 20.1 Å². The van der Waals surface area contributed by atoms with Crippen LogP contribution in [0.4, 0.5) is 0 Å². The Morgan fingerprint density at radius 3 is 2.48 bits per heavy atom. The van der Waals surface area contributed by atoms with E-state index in [0.29, 0.717) is 23.7 Å². The Labute approximate surface area is 136 Å². The van der Waals surface area contributed by atoms with Gasteiger partial charge in [0, 0.05) is 11.6 Å². The fourth-order valence-corrected chi connectivity index (χ4v) is 3.27. The number of benzene rings is 1. The number of nitrogens with zero attached hydrogens (tertiary/aromatic N) is 3. The molecule has 0 bridgehead atoms. The molecule has 2 saturated carbocycles. The van der Waals surface area contributed by atoms with E-state index < -0.39 is 0 Å². The van der Waals surface area contributed by atoms with Crippen molar-refractivity contribution in [1.29, 1.82) is 0 Å². The molecule has 1 aromatic heterocycles. The summed E-state index contributed by atoms with van der Waals surface area (Å²) in [5.74, 6) is 2.91. The molecule has 0 unspecified atom stereocenters. The van der Waals surface area contributed by atoms with Gasteiger partial charge in [0.1, 0.15) is 12.4 Å². The molecule has 2 fully saturated rings. The lowest BCUT2D eigenvalue weighted by atomic mass is 10.1. The van der Waals surface area contributed by atoms with Gasteiger partial charge in [-0.05, 0) is 44.4 Å². The fraction of sp³-hybridized carbons (Fsp3) is 0.500. The van der Waals surface area contributed by atoms with E-state index in [1.54, 1.807) is 4.68 Å². The maximum absolute atomic E-state index is 12.5. The normalized spacial score (nSPS) is 17.5. The van der Waals surface area contributed by atoms with Crippen LogP contribution in [0.1, 0.15) is 31.5 Å². The fourth-order valence-electron chi connectivity index (χ4n) is 3.27. The van der Waals surface area contributed by atoms with Crippen molar-refractivity contribution < 1.29 is 4.79 Å². The molecular weight excluding hydrogens is 288 g/mol. The Balaban J connectivity index is 1.49. The molecule has 4 rings (SSSR count). The highest BCUT2D eigenvalue weighted by molar-refractivity contribution is 5.76. The standard InChI is InChI=1S/C18H22N4O/c1-12-19-18(15-5-3-2-4-6-15)22(21-12)11-16(23)20-17(13-7-8-13)14-9-10-14/h2-6,13-14,17H,7-11H2,1H3,(H,20,23). The molecule has 1 aromatic carbocycles. The highest BCUT2D eigenvalue weighted by atomic mass is 16.2. The van der Waals surface area contributed by atoms with Gasteiger partial charge in [-0.1, -0.05) is 30.3 Å². The Morgan fingerprint density at radius 2 is 1.87 bits per heavy atom. The minimum absolute atomic E-state index is 0.0517. The van der Waals surface area contributed by atoms with Crippen LogP contribution in [0.15, 0.2) is 30.3 Å². The third-order valence-electron chi connectivity index (χ3n) is 4.69. The number of hydrogen-bond acceptors (Lipinski definition) is 3. The Bertz CT molecular complexity index is 689. The summed E-state index contributed by atoms with van der Waals surface area (Å²) in [7, 11) is 0. The Hall–Kier alpha value is -2.17. The van der Waals surface area contributed by atoms with Crippen molar-refractivity contribution in [3.8, 4) is 11.4 Å². The first-order chi connectivity index (χ1) is 11.2. The molecule has 1 amide bonds. The summed E-state index contributed by atoms with van der Waals surface area (Å²) < 4.78 is 1.72. The number of nitrogens with one attached hydrogen (secondary N) is 1. The van der Waals surface area contributed by atoms with Gasteiger partial charge >= 0.3 is 0 Å². The van der Waals surface area contributed by atoms with Crippen LogP contribution >= 0.6 is 0 Å². The lowest BCUT2D eigenvalue weighted by molar-refractivity contribution is -0.122. The summed E-state index contributed by atoms with van der Waals surface area (Å²) in [4.78, 5) is 17.0. The zero-order valence-electron chi connectivity index (χ0n) is 13.4. The predicted molar refractivity (Wildman–Crippen MR) is 87.6 cm³/mol. The van der Waals surface area contributed by atoms with Gasteiger partial charge in [0.2, 0.25) is 5.91 Å². The number of amides is 1. The monoisotopic (exact) mass is 310 g/mol. The van der Waals surface area contributed by atoms with Crippen LogP contribution in [0.3, 0.4) is 0 Å². The van der Waals surface area contributed by atoms with Crippen molar-refractivity contribution in [2.75, 3.05) is 0 Å². The molecule has 0 saturated heterocycles. The second-order valence-electron chi connectivity index (χ2n) is 6.77. The molecule has 5 heteroatoms. The van der Waals surface area contributed by atoms with E-state index in [1.165, 1.54) is 25.7 Å². The molecule has 1 heterocycles. The first-order valence-electron chi connectivity index (χ1n) is 8.47. The van der Waals surface area contributed by atoms with E-state index in [0.717, 1.165) is 11.4 Å². The zero-order valence-corrected chi connectivity index (χ0v) is 13.4. The summed E-state index contributed by atoms with van der Waals surface area (Å²) >= 11 is 0. The van der Waals surface area contributed by atoms with Crippen molar-refractivity contribution >= 4 is 5.91 Å². The second kappa shape index (κ2) is 5.80. The number of carbonyl (C=O) groups excluding carboxylic acids is 1. The summed E-state index contributed by atoms with van der Waals surface area (Å²) in [6.07, 6.45) is 5.05. The molecule has 2 aliphatic rings. The van der Waals surface area contributed by atoms with Crippen molar-refractivity contribution in [2.45, 2.75) is 45.2 Å². The van der Waals surface area contributed by atoms with Crippen LogP contribution in [0, 0.1) is 18.8 Å². The Morgan fingerprint density at radius 1 is 1.22 bits per heavy atom. The highest BCUT2D eigenvalue weighted by Gasteiger charge is 2.42. The predicted octanol–water partition coefficient (Wildman–Crippen LogP) is 2.56. The van der Waals surface area contributed by atoms with Crippen LogP contribution in [0.25, 0.3) is 11.4 Å². The van der Waals surface area contributed by atoms with Crippen molar-refractivity contribution in [3.05, 3.63) is 36.2 Å². The Kier molecular flexibility index (Phi) is 3.63. The maximum atomic E-state index is 12.5. The number of carbonyl (C=O) groups is 1. The van der Waals surface area contributed by atoms with Gasteiger partial charge < -0.3 is 5.32 Å². The van der Waals surface area contributed by atoms with Crippen molar-refractivity contribution in [3.63, 3.8) is 0 Å². The molecule has 0 radical (unpaired) electrons. The van der Waals surface area contributed by atoms with Crippen LogP contribution in [-0.4, -0.2) is 26.7 Å². The summed E-state index contributed by atoms with van der Waals surface area (Å²) in [6, 6.07) is 10.3. The minimum Gasteiger partial charge on any atom is -0.351 e. The molecule has 0 atom stereocenters. The van der Waals surface area contributed by atoms with Crippen LogP contribution in [-0.2, 0) is 11.3 Å². The molecule has 2 aliphatic carbocycles. The van der Waals surface area contributed by atoms with E-state index in [4.69, 9.17) is 0 Å². The smallest absolute Gasteiger partial charge is 0.242 e. The minimum atomic E-state index is 0.0517.